The first-order chi connectivity index (χ1) is 9.72. The molecule has 0 radical (unpaired) electrons. The molecule has 1 amide bonds. The van der Waals surface area contributed by atoms with Gasteiger partial charge in [0.25, 0.3) is 5.91 Å². The summed E-state index contributed by atoms with van der Waals surface area (Å²) in [4.78, 5) is 14.1. The number of hydrogen-bond acceptors (Lipinski definition) is 2. The molecule has 1 aliphatic rings. The van der Waals surface area contributed by atoms with Crippen molar-refractivity contribution in [1.29, 1.82) is 0 Å². The van der Waals surface area contributed by atoms with Crippen molar-refractivity contribution < 1.29 is 9.53 Å². The highest BCUT2D eigenvalue weighted by Crippen LogP contribution is 2.37. The van der Waals surface area contributed by atoms with Gasteiger partial charge in [-0.15, -0.1) is 0 Å². The van der Waals surface area contributed by atoms with Crippen LogP contribution in [0.15, 0.2) is 48.5 Å². The summed E-state index contributed by atoms with van der Waals surface area (Å²) in [6.07, 6.45) is 1.89. The van der Waals surface area contributed by atoms with Crippen LogP contribution in [-0.2, 0) is 4.79 Å². The van der Waals surface area contributed by atoms with Crippen LogP contribution in [0.1, 0.15) is 11.1 Å². The van der Waals surface area contributed by atoms with E-state index in [1.54, 1.807) is 19.1 Å². The number of carbonyl (C=O) groups is 1. The number of methoxy groups -OCH3 is 1. The van der Waals surface area contributed by atoms with Gasteiger partial charge in [0.2, 0.25) is 0 Å². The Morgan fingerprint density at radius 1 is 1.05 bits per heavy atom. The Balaban J connectivity index is 2.15. The van der Waals surface area contributed by atoms with Crippen molar-refractivity contribution in [2.75, 3.05) is 19.1 Å². The SMILES string of the molecule is COc1ccccc1/C=C1/C(=O)N(C)c2ccccc21. The number of carbonyl (C=O) groups excluding carboxylic acids is 1. The van der Waals surface area contributed by atoms with Crippen LogP contribution in [0, 0.1) is 0 Å². The van der Waals surface area contributed by atoms with Crippen molar-refractivity contribution in [2.45, 2.75) is 0 Å². The van der Waals surface area contributed by atoms with Crippen LogP contribution < -0.4 is 9.64 Å². The lowest BCUT2D eigenvalue weighted by molar-refractivity contribution is -0.112. The molecule has 0 fully saturated rings. The smallest absolute Gasteiger partial charge is 0.258 e. The van der Waals surface area contributed by atoms with Crippen molar-refractivity contribution in [3.05, 3.63) is 59.7 Å². The second-order valence-corrected chi connectivity index (χ2v) is 4.68. The summed E-state index contributed by atoms with van der Waals surface area (Å²) in [5, 5.41) is 0. The highest BCUT2D eigenvalue weighted by atomic mass is 16.5. The van der Waals surface area contributed by atoms with Gasteiger partial charge in [-0.25, -0.2) is 0 Å². The Labute approximate surface area is 118 Å². The molecule has 1 heterocycles. The lowest BCUT2D eigenvalue weighted by atomic mass is 10.0. The third-order valence-corrected chi connectivity index (χ3v) is 3.53. The third-order valence-electron chi connectivity index (χ3n) is 3.53. The van der Waals surface area contributed by atoms with Gasteiger partial charge in [-0.3, -0.25) is 4.79 Å². The summed E-state index contributed by atoms with van der Waals surface area (Å²) in [5.41, 5.74) is 3.51. The molecule has 0 saturated heterocycles. The first-order valence-electron chi connectivity index (χ1n) is 6.44. The second-order valence-electron chi connectivity index (χ2n) is 4.68. The quantitative estimate of drug-likeness (QED) is 0.780. The maximum Gasteiger partial charge on any atom is 0.258 e. The predicted octanol–water partition coefficient (Wildman–Crippen LogP) is 3.21. The van der Waals surface area contributed by atoms with E-state index in [1.807, 2.05) is 54.6 Å². The summed E-state index contributed by atoms with van der Waals surface area (Å²) in [6, 6.07) is 15.5. The van der Waals surface area contributed by atoms with Crippen molar-refractivity contribution in [3.63, 3.8) is 0 Å². The normalized spacial score (nSPS) is 15.6. The molecular formula is C17H15NO2. The Kier molecular flexibility index (Phi) is 3.03. The topological polar surface area (TPSA) is 29.5 Å². The second kappa shape index (κ2) is 4.85. The van der Waals surface area contributed by atoms with Crippen LogP contribution in [0.3, 0.4) is 0 Å². The molecular weight excluding hydrogens is 250 g/mol. The number of amides is 1. The molecule has 0 spiro atoms. The van der Waals surface area contributed by atoms with E-state index in [0.717, 1.165) is 22.6 Å². The first-order valence-corrected chi connectivity index (χ1v) is 6.44. The standard InChI is InChI=1S/C17H15NO2/c1-18-15-9-5-4-8-13(15)14(17(18)19)11-12-7-3-6-10-16(12)20-2/h3-11H,1-2H3/b14-11+. The number of benzene rings is 2. The van der Waals surface area contributed by atoms with E-state index < -0.39 is 0 Å². The fraction of sp³-hybridized carbons (Fsp3) is 0.118. The fourth-order valence-electron chi connectivity index (χ4n) is 2.48. The van der Waals surface area contributed by atoms with Crippen molar-refractivity contribution in [3.8, 4) is 5.75 Å². The molecule has 3 nitrogen and oxygen atoms in total. The zero-order chi connectivity index (χ0) is 14.1. The lowest BCUT2D eigenvalue weighted by Gasteiger charge is -2.08. The molecule has 1 aliphatic heterocycles. The van der Waals surface area contributed by atoms with Crippen molar-refractivity contribution >= 4 is 23.2 Å². The monoisotopic (exact) mass is 265 g/mol. The molecule has 0 aliphatic carbocycles. The molecule has 2 aromatic rings. The molecule has 0 bridgehead atoms. The van der Waals surface area contributed by atoms with E-state index in [2.05, 4.69) is 0 Å². The number of hydrogen-bond donors (Lipinski definition) is 0. The van der Waals surface area contributed by atoms with Gasteiger partial charge in [0, 0.05) is 23.7 Å². The van der Waals surface area contributed by atoms with Crippen LogP contribution in [0.2, 0.25) is 0 Å². The maximum atomic E-state index is 12.4. The minimum Gasteiger partial charge on any atom is -0.496 e. The minimum absolute atomic E-state index is 0.0112. The van der Waals surface area contributed by atoms with Gasteiger partial charge in [-0.2, -0.15) is 0 Å². The number of likely N-dealkylation sites (N-methyl/N-ethyl adjacent to an activating group) is 1. The maximum absolute atomic E-state index is 12.4. The fourth-order valence-corrected chi connectivity index (χ4v) is 2.48. The summed E-state index contributed by atoms with van der Waals surface area (Å²) in [6.45, 7) is 0. The van der Waals surface area contributed by atoms with E-state index in [0.29, 0.717) is 5.57 Å². The zero-order valence-electron chi connectivity index (χ0n) is 11.5. The summed E-state index contributed by atoms with van der Waals surface area (Å²) >= 11 is 0. The highest BCUT2D eigenvalue weighted by molar-refractivity contribution is 6.35. The molecule has 3 heteroatoms. The van der Waals surface area contributed by atoms with Crippen LogP contribution in [0.5, 0.6) is 5.75 Å². The Bertz CT molecular complexity index is 704. The van der Waals surface area contributed by atoms with Gasteiger partial charge < -0.3 is 9.64 Å². The van der Waals surface area contributed by atoms with E-state index in [-0.39, 0.29) is 5.91 Å². The third kappa shape index (κ3) is 1.88. The molecule has 0 N–H and O–H groups in total. The van der Waals surface area contributed by atoms with Crippen LogP contribution in [0.4, 0.5) is 5.69 Å². The number of anilines is 1. The van der Waals surface area contributed by atoms with Gasteiger partial charge in [-0.1, -0.05) is 36.4 Å². The first kappa shape index (κ1) is 12.5. The van der Waals surface area contributed by atoms with Gasteiger partial charge >= 0.3 is 0 Å². The number of para-hydroxylation sites is 2. The molecule has 0 atom stereocenters. The van der Waals surface area contributed by atoms with E-state index in [9.17, 15) is 4.79 Å². The zero-order valence-corrected chi connectivity index (χ0v) is 11.5. The average molecular weight is 265 g/mol. The van der Waals surface area contributed by atoms with Gasteiger partial charge in [-0.05, 0) is 18.2 Å². The summed E-state index contributed by atoms with van der Waals surface area (Å²) < 4.78 is 5.34. The molecule has 0 aromatic heterocycles. The molecule has 100 valence electrons. The van der Waals surface area contributed by atoms with Gasteiger partial charge in [0.15, 0.2) is 0 Å². The van der Waals surface area contributed by atoms with Crippen LogP contribution in [-0.4, -0.2) is 20.1 Å². The predicted molar refractivity (Wildman–Crippen MR) is 80.7 cm³/mol. The molecule has 20 heavy (non-hydrogen) atoms. The number of fused-ring (bicyclic) bond motifs is 1. The summed E-state index contributed by atoms with van der Waals surface area (Å²) in [7, 11) is 3.43. The largest absolute Gasteiger partial charge is 0.496 e. The summed E-state index contributed by atoms with van der Waals surface area (Å²) in [5.74, 6) is 0.775. The molecule has 2 aromatic carbocycles. The van der Waals surface area contributed by atoms with Crippen LogP contribution in [0.25, 0.3) is 11.6 Å². The van der Waals surface area contributed by atoms with E-state index in [4.69, 9.17) is 4.74 Å². The Morgan fingerprint density at radius 2 is 1.75 bits per heavy atom. The Morgan fingerprint density at radius 3 is 2.55 bits per heavy atom. The van der Waals surface area contributed by atoms with E-state index in [1.165, 1.54) is 0 Å². The molecule has 0 unspecified atom stereocenters. The van der Waals surface area contributed by atoms with Crippen molar-refractivity contribution in [2.24, 2.45) is 0 Å². The molecule has 0 saturated carbocycles. The van der Waals surface area contributed by atoms with Crippen molar-refractivity contribution in [1.82, 2.24) is 0 Å². The van der Waals surface area contributed by atoms with Gasteiger partial charge in [0.1, 0.15) is 5.75 Å². The van der Waals surface area contributed by atoms with Gasteiger partial charge in [0.05, 0.1) is 12.8 Å². The minimum atomic E-state index is 0.0112. The van der Waals surface area contributed by atoms with Crippen LogP contribution >= 0.6 is 0 Å². The number of ether oxygens (including phenoxy) is 1. The number of nitrogens with zero attached hydrogens (tertiary/aromatic N) is 1. The number of rotatable bonds is 2. The lowest BCUT2D eigenvalue weighted by Crippen LogP contribution is -2.20. The highest BCUT2D eigenvalue weighted by Gasteiger charge is 2.29. The Hall–Kier alpha value is -2.55. The van der Waals surface area contributed by atoms with E-state index >= 15 is 0 Å². The average Bonchev–Trinajstić information content (AvgIpc) is 2.73. The molecule has 3 rings (SSSR count).